The maximum absolute atomic E-state index is 13.1. The van der Waals surface area contributed by atoms with Crippen molar-refractivity contribution in [1.29, 1.82) is 0 Å². The number of amides is 2. The lowest BCUT2D eigenvalue weighted by atomic mass is 10.1. The Morgan fingerprint density at radius 1 is 1.14 bits per heavy atom. The maximum atomic E-state index is 13.1. The Hall–Kier alpha value is -3.16. The molecule has 2 amide bonds. The van der Waals surface area contributed by atoms with Crippen LogP contribution in [0, 0.1) is 5.92 Å². The minimum Gasteiger partial charge on any atom is -0.325 e. The van der Waals surface area contributed by atoms with Crippen LogP contribution in [0.2, 0.25) is 0 Å². The second-order valence-electron chi connectivity index (χ2n) is 7.08. The molecule has 1 N–H and O–H groups in total. The minimum absolute atomic E-state index is 0.172. The number of carbonyl (C=O) groups is 2. The zero-order chi connectivity index (χ0) is 20.6. The number of rotatable bonds is 3. The first kappa shape index (κ1) is 19.2. The molecule has 2 aromatic rings. The van der Waals surface area contributed by atoms with E-state index in [1.165, 1.54) is 17.0 Å². The molecule has 29 heavy (non-hydrogen) atoms. The third-order valence-electron chi connectivity index (χ3n) is 5.13. The van der Waals surface area contributed by atoms with Crippen molar-refractivity contribution in [1.82, 2.24) is 0 Å². The first-order valence-electron chi connectivity index (χ1n) is 9.28. The van der Waals surface area contributed by atoms with Crippen LogP contribution in [0.1, 0.15) is 24.8 Å². The SMILES string of the molecule is O=C(CN1C(=O)[C@H]2CCCC2=Nc2ccccc21)Nc1ccc(C(F)(F)F)cc1. The fourth-order valence-corrected chi connectivity index (χ4v) is 3.73. The van der Waals surface area contributed by atoms with E-state index >= 15 is 0 Å². The van der Waals surface area contributed by atoms with Crippen LogP contribution in [-0.2, 0) is 15.8 Å². The Morgan fingerprint density at radius 2 is 1.86 bits per heavy atom. The third-order valence-corrected chi connectivity index (χ3v) is 5.13. The lowest BCUT2D eigenvalue weighted by Crippen LogP contribution is -2.41. The lowest BCUT2D eigenvalue weighted by Gasteiger charge is -2.24. The zero-order valence-corrected chi connectivity index (χ0v) is 15.4. The number of nitrogens with zero attached hydrogens (tertiary/aromatic N) is 2. The summed E-state index contributed by atoms with van der Waals surface area (Å²) in [4.78, 5) is 31.7. The monoisotopic (exact) mass is 401 g/mol. The normalized spacial score (nSPS) is 18.6. The van der Waals surface area contributed by atoms with Crippen molar-refractivity contribution in [2.24, 2.45) is 10.9 Å². The van der Waals surface area contributed by atoms with Crippen molar-refractivity contribution in [3.63, 3.8) is 0 Å². The summed E-state index contributed by atoms with van der Waals surface area (Å²) < 4.78 is 38.0. The molecule has 1 aliphatic heterocycles. The van der Waals surface area contributed by atoms with Gasteiger partial charge in [-0.2, -0.15) is 13.2 Å². The largest absolute Gasteiger partial charge is 0.416 e. The average molecular weight is 401 g/mol. The highest BCUT2D eigenvalue weighted by molar-refractivity contribution is 6.16. The zero-order valence-electron chi connectivity index (χ0n) is 15.4. The van der Waals surface area contributed by atoms with E-state index in [9.17, 15) is 22.8 Å². The van der Waals surface area contributed by atoms with Gasteiger partial charge in [0.25, 0.3) is 0 Å². The second kappa shape index (κ2) is 7.35. The summed E-state index contributed by atoms with van der Waals surface area (Å²) in [5.41, 5.74) is 1.48. The lowest BCUT2D eigenvalue weighted by molar-refractivity contribution is -0.137. The molecular weight excluding hydrogens is 383 g/mol. The minimum atomic E-state index is -4.44. The van der Waals surface area contributed by atoms with Crippen LogP contribution in [0.15, 0.2) is 53.5 Å². The standard InChI is InChI=1S/C21H18F3N3O2/c22-21(23,24)13-8-10-14(11-9-13)25-19(28)12-27-18-7-2-1-5-17(18)26-16-6-3-4-15(16)20(27)29/h1-2,5,7-11,15H,3-4,6,12H2,(H,25,28)/t15-/m0/s1. The van der Waals surface area contributed by atoms with Gasteiger partial charge in [0.2, 0.25) is 11.8 Å². The number of benzene rings is 2. The van der Waals surface area contributed by atoms with E-state index in [1.54, 1.807) is 18.2 Å². The summed E-state index contributed by atoms with van der Waals surface area (Å²) in [5.74, 6) is -0.996. The Labute approximate surface area is 165 Å². The van der Waals surface area contributed by atoms with Crippen LogP contribution in [0.5, 0.6) is 0 Å². The number of alkyl halides is 3. The number of nitrogens with one attached hydrogen (secondary N) is 1. The van der Waals surface area contributed by atoms with Crippen LogP contribution in [0.3, 0.4) is 0 Å². The van der Waals surface area contributed by atoms with Crippen molar-refractivity contribution in [3.05, 3.63) is 54.1 Å². The van der Waals surface area contributed by atoms with Crippen LogP contribution in [0.25, 0.3) is 0 Å². The van der Waals surface area contributed by atoms with Gasteiger partial charge in [0.15, 0.2) is 0 Å². The number of carbonyl (C=O) groups excluding carboxylic acids is 2. The van der Waals surface area contributed by atoms with E-state index in [2.05, 4.69) is 10.3 Å². The Morgan fingerprint density at radius 3 is 2.59 bits per heavy atom. The van der Waals surface area contributed by atoms with Gasteiger partial charge in [0.05, 0.1) is 22.9 Å². The van der Waals surface area contributed by atoms with Crippen LogP contribution in [-0.4, -0.2) is 24.1 Å². The van der Waals surface area contributed by atoms with Gasteiger partial charge in [-0.25, -0.2) is 0 Å². The maximum Gasteiger partial charge on any atom is 0.416 e. The first-order valence-corrected chi connectivity index (χ1v) is 9.28. The molecule has 1 heterocycles. The smallest absolute Gasteiger partial charge is 0.325 e. The summed E-state index contributed by atoms with van der Waals surface area (Å²) in [7, 11) is 0. The van der Waals surface area contributed by atoms with Crippen molar-refractivity contribution in [3.8, 4) is 0 Å². The molecule has 5 nitrogen and oxygen atoms in total. The van der Waals surface area contributed by atoms with Gasteiger partial charge in [-0.3, -0.25) is 14.6 Å². The molecule has 1 saturated carbocycles. The highest BCUT2D eigenvalue weighted by atomic mass is 19.4. The molecule has 150 valence electrons. The van der Waals surface area contributed by atoms with Gasteiger partial charge in [-0.1, -0.05) is 12.1 Å². The molecule has 0 radical (unpaired) electrons. The summed E-state index contributed by atoms with van der Waals surface area (Å²) >= 11 is 0. The van der Waals surface area contributed by atoms with E-state index in [4.69, 9.17) is 0 Å². The molecule has 1 atom stereocenters. The fourth-order valence-electron chi connectivity index (χ4n) is 3.73. The molecule has 0 spiro atoms. The number of para-hydroxylation sites is 2. The molecule has 4 rings (SSSR count). The fraction of sp³-hybridized carbons (Fsp3) is 0.286. The molecule has 2 aliphatic rings. The van der Waals surface area contributed by atoms with Gasteiger partial charge >= 0.3 is 6.18 Å². The molecule has 1 aliphatic carbocycles. The molecule has 8 heteroatoms. The van der Waals surface area contributed by atoms with Crippen LogP contribution in [0.4, 0.5) is 30.2 Å². The van der Waals surface area contributed by atoms with E-state index < -0.39 is 17.6 Å². The third kappa shape index (κ3) is 3.87. The van der Waals surface area contributed by atoms with E-state index in [-0.39, 0.29) is 24.1 Å². The Bertz CT molecular complexity index is 983. The van der Waals surface area contributed by atoms with E-state index in [0.29, 0.717) is 17.8 Å². The summed E-state index contributed by atoms with van der Waals surface area (Å²) in [5, 5.41) is 2.56. The molecule has 2 aromatic carbocycles. The molecule has 0 saturated heterocycles. The molecule has 0 bridgehead atoms. The summed E-state index contributed by atoms with van der Waals surface area (Å²) in [6.45, 7) is -0.240. The van der Waals surface area contributed by atoms with Gasteiger partial charge < -0.3 is 10.2 Å². The average Bonchev–Trinajstić information content (AvgIpc) is 3.10. The number of fused-ring (bicyclic) bond motifs is 2. The van der Waals surface area contributed by atoms with Crippen molar-refractivity contribution in [2.75, 3.05) is 16.8 Å². The molecular formula is C21H18F3N3O2. The second-order valence-corrected chi connectivity index (χ2v) is 7.08. The highest BCUT2D eigenvalue weighted by Gasteiger charge is 2.37. The topological polar surface area (TPSA) is 61.8 Å². The number of hydrogen-bond acceptors (Lipinski definition) is 3. The van der Waals surface area contributed by atoms with E-state index in [1.807, 2.05) is 6.07 Å². The summed E-state index contributed by atoms with van der Waals surface area (Å²) in [6.07, 6.45) is -2.11. The van der Waals surface area contributed by atoms with Crippen LogP contribution < -0.4 is 10.2 Å². The number of aliphatic imine (C=N–C) groups is 1. The first-order chi connectivity index (χ1) is 13.8. The number of halogens is 3. The predicted octanol–water partition coefficient (Wildman–Crippen LogP) is 4.56. The van der Waals surface area contributed by atoms with Crippen molar-refractivity contribution >= 4 is 34.6 Å². The number of hydrogen-bond donors (Lipinski definition) is 1. The molecule has 0 unspecified atom stereocenters. The highest BCUT2D eigenvalue weighted by Crippen LogP contribution is 2.37. The summed E-state index contributed by atoms with van der Waals surface area (Å²) in [6, 6.07) is 11.3. The van der Waals surface area contributed by atoms with Gasteiger partial charge in [-0.15, -0.1) is 0 Å². The van der Waals surface area contributed by atoms with Gasteiger partial charge in [-0.05, 0) is 55.7 Å². The van der Waals surface area contributed by atoms with E-state index in [0.717, 1.165) is 30.7 Å². The van der Waals surface area contributed by atoms with Crippen molar-refractivity contribution in [2.45, 2.75) is 25.4 Å². The predicted molar refractivity (Wildman–Crippen MR) is 103 cm³/mol. The Kier molecular flexibility index (Phi) is 4.86. The van der Waals surface area contributed by atoms with Crippen LogP contribution >= 0.6 is 0 Å². The van der Waals surface area contributed by atoms with Gasteiger partial charge in [0.1, 0.15) is 6.54 Å². The van der Waals surface area contributed by atoms with Gasteiger partial charge in [0, 0.05) is 11.4 Å². The Balaban J connectivity index is 1.54. The van der Waals surface area contributed by atoms with Crippen molar-refractivity contribution < 1.29 is 22.8 Å². The molecule has 1 fully saturated rings. The number of anilines is 2. The quantitative estimate of drug-likeness (QED) is 0.819. The molecule has 0 aromatic heterocycles.